The average Bonchev–Trinajstić information content (AvgIpc) is 3.02. The second-order valence-electron chi connectivity index (χ2n) is 4.11. The maximum absolute atomic E-state index is 11.3. The van der Waals surface area contributed by atoms with E-state index in [1.807, 2.05) is 0 Å². The molecule has 0 aromatic rings. The van der Waals surface area contributed by atoms with E-state index in [9.17, 15) is 4.79 Å². The van der Waals surface area contributed by atoms with Crippen LogP contribution in [0.1, 0.15) is 19.3 Å². The maximum atomic E-state index is 11.3. The lowest BCUT2D eigenvalue weighted by molar-refractivity contribution is 0.203. The first-order valence-corrected chi connectivity index (χ1v) is 6.73. The molecule has 1 rings (SSSR count). The van der Waals surface area contributed by atoms with Crippen molar-refractivity contribution in [2.45, 2.75) is 19.3 Å². The van der Waals surface area contributed by atoms with Gasteiger partial charge < -0.3 is 15.7 Å². The smallest absolute Gasteiger partial charge is 0.314 e. The van der Waals surface area contributed by atoms with Crippen LogP contribution in [0.15, 0.2) is 0 Å². The molecule has 2 amide bonds. The van der Waals surface area contributed by atoms with Gasteiger partial charge in [0.25, 0.3) is 0 Å². The van der Waals surface area contributed by atoms with E-state index in [1.54, 1.807) is 11.8 Å². The van der Waals surface area contributed by atoms with Gasteiger partial charge in [-0.15, -0.1) is 0 Å². The summed E-state index contributed by atoms with van der Waals surface area (Å²) in [6.07, 6.45) is 5.10. The fraction of sp³-hybridized carbons (Fsp3) is 0.900. The van der Waals surface area contributed by atoms with Crippen molar-refractivity contribution in [1.82, 2.24) is 10.6 Å². The van der Waals surface area contributed by atoms with Gasteiger partial charge >= 0.3 is 6.03 Å². The summed E-state index contributed by atoms with van der Waals surface area (Å²) >= 11 is 1.78. The van der Waals surface area contributed by atoms with Crippen LogP contribution >= 0.6 is 11.8 Å². The zero-order chi connectivity index (χ0) is 11.1. The van der Waals surface area contributed by atoms with E-state index >= 15 is 0 Å². The number of carbonyl (C=O) groups excluding carboxylic acids is 1. The number of thioether (sulfide) groups is 1. The molecule has 3 N–H and O–H groups in total. The highest BCUT2D eigenvalue weighted by Gasteiger charge is 2.41. The summed E-state index contributed by atoms with van der Waals surface area (Å²) in [5.41, 5.74) is -0.00336. The number of aliphatic hydroxyl groups excluding tert-OH is 1. The predicted octanol–water partition coefficient (Wildman–Crippen LogP) is 0.811. The van der Waals surface area contributed by atoms with Crippen molar-refractivity contribution in [2.75, 3.05) is 31.7 Å². The SMILES string of the molecule is CSCCCNC(=O)NCC1(CO)CC1. The van der Waals surface area contributed by atoms with E-state index in [0.29, 0.717) is 6.54 Å². The molecule has 0 unspecified atom stereocenters. The summed E-state index contributed by atoms with van der Waals surface area (Å²) in [6.45, 7) is 1.50. The van der Waals surface area contributed by atoms with Crippen LogP contribution in [0.3, 0.4) is 0 Å². The molecule has 4 nitrogen and oxygen atoms in total. The predicted molar refractivity (Wildman–Crippen MR) is 63.2 cm³/mol. The summed E-state index contributed by atoms with van der Waals surface area (Å²) in [7, 11) is 0. The van der Waals surface area contributed by atoms with Crippen molar-refractivity contribution in [3.8, 4) is 0 Å². The Morgan fingerprint density at radius 1 is 1.47 bits per heavy atom. The minimum Gasteiger partial charge on any atom is -0.396 e. The number of rotatable bonds is 7. The summed E-state index contributed by atoms with van der Waals surface area (Å²) in [4.78, 5) is 11.3. The van der Waals surface area contributed by atoms with Crippen LogP contribution in [0.2, 0.25) is 0 Å². The summed E-state index contributed by atoms with van der Waals surface area (Å²) in [6, 6.07) is -0.115. The molecular weight excluding hydrogens is 212 g/mol. The van der Waals surface area contributed by atoms with Crippen LogP contribution in [0.4, 0.5) is 4.79 Å². The molecular formula is C10H20N2O2S. The highest BCUT2D eigenvalue weighted by Crippen LogP contribution is 2.44. The number of aliphatic hydroxyl groups is 1. The molecule has 15 heavy (non-hydrogen) atoms. The highest BCUT2D eigenvalue weighted by atomic mass is 32.2. The van der Waals surface area contributed by atoms with Gasteiger partial charge in [0.05, 0.1) is 6.61 Å². The van der Waals surface area contributed by atoms with Crippen LogP contribution in [-0.4, -0.2) is 42.8 Å². The third kappa shape index (κ3) is 4.75. The van der Waals surface area contributed by atoms with Crippen molar-refractivity contribution < 1.29 is 9.90 Å². The largest absolute Gasteiger partial charge is 0.396 e. The van der Waals surface area contributed by atoms with Crippen LogP contribution in [0, 0.1) is 5.41 Å². The van der Waals surface area contributed by atoms with Crippen LogP contribution < -0.4 is 10.6 Å². The lowest BCUT2D eigenvalue weighted by Crippen LogP contribution is -2.40. The molecule has 0 spiro atoms. The van der Waals surface area contributed by atoms with Gasteiger partial charge in [0.2, 0.25) is 0 Å². The van der Waals surface area contributed by atoms with Crippen molar-refractivity contribution >= 4 is 17.8 Å². The van der Waals surface area contributed by atoms with Crippen molar-refractivity contribution in [2.24, 2.45) is 5.41 Å². The molecule has 0 atom stereocenters. The zero-order valence-corrected chi connectivity index (χ0v) is 10.0. The minimum atomic E-state index is -0.115. The standard InChI is InChI=1S/C10H20N2O2S/c1-15-6-2-5-11-9(14)12-7-10(8-13)3-4-10/h13H,2-8H2,1H3,(H2,11,12,14). The third-order valence-corrected chi connectivity index (χ3v) is 3.42. The van der Waals surface area contributed by atoms with Gasteiger partial charge in [-0.1, -0.05) is 0 Å². The number of carbonyl (C=O) groups is 1. The Hall–Kier alpha value is -0.420. The lowest BCUT2D eigenvalue weighted by Gasteiger charge is -2.13. The summed E-state index contributed by atoms with van der Waals surface area (Å²) in [5, 5.41) is 14.6. The molecule has 1 fully saturated rings. The topological polar surface area (TPSA) is 61.4 Å². The second kappa shape index (κ2) is 6.23. The monoisotopic (exact) mass is 232 g/mol. The van der Waals surface area contributed by atoms with Gasteiger partial charge in [0, 0.05) is 18.5 Å². The average molecular weight is 232 g/mol. The number of urea groups is 1. The molecule has 1 aliphatic carbocycles. The first kappa shape index (κ1) is 12.6. The lowest BCUT2D eigenvalue weighted by atomic mass is 10.1. The molecule has 1 saturated carbocycles. The highest BCUT2D eigenvalue weighted by molar-refractivity contribution is 7.98. The number of amides is 2. The van der Waals surface area contributed by atoms with Crippen LogP contribution in [0.5, 0.6) is 0 Å². The first-order chi connectivity index (χ1) is 7.22. The Morgan fingerprint density at radius 3 is 2.73 bits per heavy atom. The van der Waals surface area contributed by atoms with Gasteiger partial charge in [-0.25, -0.2) is 4.79 Å². The quantitative estimate of drug-likeness (QED) is 0.569. The molecule has 0 aromatic heterocycles. The zero-order valence-electron chi connectivity index (χ0n) is 9.21. The normalized spacial score (nSPS) is 17.2. The van der Waals surface area contributed by atoms with E-state index in [0.717, 1.165) is 31.6 Å². The van der Waals surface area contributed by atoms with Crippen molar-refractivity contribution in [3.05, 3.63) is 0 Å². The third-order valence-electron chi connectivity index (χ3n) is 2.73. The number of nitrogens with one attached hydrogen (secondary N) is 2. The fourth-order valence-electron chi connectivity index (χ4n) is 1.32. The van der Waals surface area contributed by atoms with Crippen LogP contribution in [-0.2, 0) is 0 Å². The number of hydrogen-bond donors (Lipinski definition) is 3. The van der Waals surface area contributed by atoms with Crippen LogP contribution in [0.25, 0.3) is 0 Å². The Kier molecular flexibility index (Phi) is 5.25. The molecule has 0 saturated heterocycles. The Bertz CT molecular complexity index is 208. The van der Waals surface area contributed by atoms with E-state index in [-0.39, 0.29) is 18.1 Å². The van der Waals surface area contributed by atoms with Gasteiger partial charge in [0.1, 0.15) is 0 Å². The van der Waals surface area contributed by atoms with E-state index in [1.165, 1.54) is 0 Å². The Labute approximate surface area is 95.2 Å². The van der Waals surface area contributed by atoms with Crippen molar-refractivity contribution in [3.63, 3.8) is 0 Å². The van der Waals surface area contributed by atoms with Crippen molar-refractivity contribution in [1.29, 1.82) is 0 Å². The van der Waals surface area contributed by atoms with Gasteiger partial charge in [-0.05, 0) is 31.3 Å². The fourth-order valence-corrected chi connectivity index (χ4v) is 1.75. The molecule has 1 aliphatic rings. The maximum Gasteiger partial charge on any atom is 0.314 e. The summed E-state index contributed by atoms with van der Waals surface area (Å²) < 4.78 is 0. The van der Waals surface area contributed by atoms with E-state index < -0.39 is 0 Å². The summed E-state index contributed by atoms with van der Waals surface area (Å²) in [5.74, 6) is 1.07. The second-order valence-corrected chi connectivity index (χ2v) is 5.10. The Morgan fingerprint density at radius 2 is 2.20 bits per heavy atom. The molecule has 5 heteroatoms. The molecule has 0 aromatic carbocycles. The molecule has 0 radical (unpaired) electrons. The minimum absolute atomic E-state index is 0.00336. The number of hydrogen-bond acceptors (Lipinski definition) is 3. The molecule has 0 heterocycles. The van der Waals surface area contributed by atoms with Gasteiger partial charge in [0.15, 0.2) is 0 Å². The van der Waals surface area contributed by atoms with E-state index in [2.05, 4.69) is 16.9 Å². The molecule has 0 bridgehead atoms. The molecule has 88 valence electrons. The first-order valence-electron chi connectivity index (χ1n) is 5.34. The van der Waals surface area contributed by atoms with E-state index in [4.69, 9.17) is 5.11 Å². The molecule has 0 aliphatic heterocycles. The van der Waals surface area contributed by atoms with Gasteiger partial charge in [-0.3, -0.25) is 0 Å². The Balaban J connectivity index is 1.99. The van der Waals surface area contributed by atoms with Gasteiger partial charge in [-0.2, -0.15) is 11.8 Å².